The van der Waals surface area contributed by atoms with Crippen molar-refractivity contribution in [1.82, 2.24) is 19.7 Å². The highest BCUT2D eigenvalue weighted by Crippen LogP contribution is 2.24. The smallest absolute Gasteiger partial charge is 0.158 e. The highest BCUT2D eigenvalue weighted by Gasteiger charge is 2.18. The van der Waals surface area contributed by atoms with E-state index in [2.05, 4.69) is 20.0 Å². The molecular weight excluding hydrogens is 166 g/mol. The molecule has 0 radical (unpaired) electrons. The van der Waals surface area contributed by atoms with Gasteiger partial charge in [-0.1, -0.05) is 0 Å². The van der Waals surface area contributed by atoms with E-state index in [1.54, 1.807) is 12.5 Å². The number of aromatic nitrogens is 4. The van der Waals surface area contributed by atoms with E-state index in [0.717, 1.165) is 29.9 Å². The molecule has 2 aromatic rings. The van der Waals surface area contributed by atoms with E-state index in [0.29, 0.717) is 0 Å². The fraction of sp³-hybridized carbons (Fsp3) is 0.375. The van der Waals surface area contributed by atoms with E-state index in [4.69, 9.17) is 0 Å². The van der Waals surface area contributed by atoms with Crippen molar-refractivity contribution in [3.63, 3.8) is 0 Å². The SMILES string of the molecule is CN1CCn2ncc3ncnc1c32. The van der Waals surface area contributed by atoms with Crippen LogP contribution in [0.3, 0.4) is 0 Å². The average Bonchev–Trinajstić information content (AvgIpc) is 2.57. The van der Waals surface area contributed by atoms with Crippen molar-refractivity contribution in [3.05, 3.63) is 12.5 Å². The molecule has 1 aliphatic heterocycles. The Morgan fingerprint density at radius 2 is 2.23 bits per heavy atom. The van der Waals surface area contributed by atoms with E-state index >= 15 is 0 Å². The van der Waals surface area contributed by atoms with Crippen LogP contribution in [0.15, 0.2) is 12.5 Å². The quantitative estimate of drug-likeness (QED) is 0.577. The van der Waals surface area contributed by atoms with Crippen LogP contribution in [-0.4, -0.2) is 33.3 Å². The molecule has 5 heteroatoms. The number of rotatable bonds is 0. The van der Waals surface area contributed by atoms with E-state index in [9.17, 15) is 0 Å². The first-order valence-corrected chi connectivity index (χ1v) is 4.24. The summed E-state index contributed by atoms with van der Waals surface area (Å²) in [5.74, 6) is 0.980. The molecule has 66 valence electrons. The van der Waals surface area contributed by atoms with Crippen molar-refractivity contribution in [2.75, 3.05) is 18.5 Å². The molecule has 0 bridgehead atoms. The summed E-state index contributed by atoms with van der Waals surface area (Å²) in [5.41, 5.74) is 1.98. The number of nitrogens with zero attached hydrogens (tertiary/aromatic N) is 5. The summed E-state index contributed by atoms with van der Waals surface area (Å²) < 4.78 is 1.96. The third-order valence-electron chi connectivity index (χ3n) is 2.42. The predicted octanol–water partition coefficient (Wildman–Crippen LogP) is 0.276. The molecule has 0 aliphatic carbocycles. The summed E-state index contributed by atoms with van der Waals surface area (Å²) in [6.45, 7) is 1.88. The molecule has 0 atom stereocenters. The lowest BCUT2D eigenvalue weighted by atomic mass is 10.3. The Kier molecular flexibility index (Phi) is 1.15. The fourth-order valence-electron chi connectivity index (χ4n) is 1.71. The largest absolute Gasteiger partial charge is 0.356 e. The minimum absolute atomic E-state index is 0.917. The van der Waals surface area contributed by atoms with Gasteiger partial charge < -0.3 is 4.90 Å². The van der Waals surface area contributed by atoms with Crippen LogP contribution in [0.4, 0.5) is 5.82 Å². The molecule has 0 amide bonds. The topological polar surface area (TPSA) is 46.8 Å². The monoisotopic (exact) mass is 175 g/mol. The van der Waals surface area contributed by atoms with Crippen LogP contribution >= 0.6 is 0 Å². The molecule has 0 saturated carbocycles. The molecule has 13 heavy (non-hydrogen) atoms. The molecular formula is C8H9N5. The Bertz CT molecular complexity index is 461. The number of anilines is 1. The second kappa shape index (κ2) is 2.18. The molecule has 0 N–H and O–H groups in total. The zero-order valence-electron chi connectivity index (χ0n) is 7.30. The fourth-order valence-corrected chi connectivity index (χ4v) is 1.71. The van der Waals surface area contributed by atoms with Crippen LogP contribution in [-0.2, 0) is 6.54 Å². The second-order valence-electron chi connectivity index (χ2n) is 3.22. The normalized spacial score (nSPS) is 15.3. The highest BCUT2D eigenvalue weighted by molar-refractivity contribution is 5.86. The Morgan fingerprint density at radius 3 is 3.15 bits per heavy atom. The van der Waals surface area contributed by atoms with Gasteiger partial charge in [0.25, 0.3) is 0 Å². The van der Waals surface area contributed by atoms with Gasteiger partial charge in [-0.3, -0.25) is 4.68 Å². The first-order chi connectivity index (χ1) is 6.36. The van der Waals surface area contributed by atoms with Crippen molar-refractivity contribution >= 4 is 16.9 Å². The molecule has 2 aromatic heterocycles. The Hall–Kier alpha value is -1.65. The minimum atomic E-state index is 0.917. The lowest BCUT2D eigenvalue weighted by Gasteiger charge is -2.23. The lowest BCUT2D eigenvalue weighted by molar-refractivity contribution is 0.608. The minimum Gasteiger partial charge on any atom is -0.356 e. The van der Waals surface area contributed by atoms with E-state index in [-0.39, 0.29) is 0 Å². The van der Waals surface area contributed by atoms with Crippen molar-refractivity contribution in [2.45, 2.75) is 6.54 Å². The van der Waals surface area contributed by atoms with Gasteiger partial charge in [-0.25, -0.2) is 9.97 Å². The summed E-state index contributed by atoms with van der Waals surface area (Å²) in [5, 5.41) is 4.25. The molecule has 0 aromatic carbocycles. The summed E-state index contributed by atoms with van der Waals surface area (Å²) in [4.78, 5) is 10.5. The first-order valence-electron chi connectivity index (χ1n) is 4.24. The van der Waals surface area contributed by atoms with Gasteiger partial charge in [0.2, 0.25) is 0 Å². The van der Waals surface area contributed by atoms with Gasteiger partial charge in [-0.15, -0.1) is 0 Å². The summed E-state index contributed by atoms with van der Waals surface area (Å²) >= 11 is 0. The number of hydrogen-bond donors (Lipinski definition) is 0. The number of likely N-dealkylation sites (N-methyl/N-ethyl adjacent to an activating group) is 1. The summed E-state index contributed by atoms with van der Waals surface area (Å²) in [6.07, 6.45) is 3.38. The Balaban J connectivity index is 2.45. The molecule has 0 saturated heterocycles. The van der Waals surface area contributed by atoms with Crippen molar-refractivity contribution < 1.29 is 0 Å². The maximum Gasteiger partial charge on any atom is 0.158 e. The van der Waals surface area contributed by atoms with Gasteiger partial charge >= 0.3 is 0 Å². The maximum absolute atomic E-state index is 4.25. The van der Waals surface area contributed by atoms with Crippen LogP contribution in [0.2, 0.25) is 0 Å². The molecule has 5 nitrogen and oxygen atoms in total. The molecule has 0 unspecified atom stereocenters. The van der Waals surface area contributed by atoms with E-state index in [1.807, 2.05) is 11.7 Å². The van der Waals surface area contributed by atoms with Crippen LogP contribution in [0.25, 0.3) is 11.0 Å². The second-order valence-corrected chi connectivity index (χ2v) is 3.22. The summed E-state index contributed by atoms with van der Waals surface area (Å²) in [6, 6.07) is 0. The average molecular weight is 175 g/mol. The predicted molar refractivity (Wildman–Crippen MR) is 48.6 cm³/mol. The standard InChI is InChI=1S/C8H9N5/c1-12-2-3-13-7-6(4-11-13)9-5-10-8(7)12/h4-5H,2-3H2,1H3. The van der Waals surface area contributed by atoms with Gasteiger partial charge in [-0.05, 0) is 0 Å². The molecule has 3 rings (SSSR count). The van der Waals surface area contributed by atoms with Gasteiger partial charge in [0, 0.05) is 13.6 Å². The van der Waals surface area contributed by atoms with E-state index < -0.39 is 0 Å². The van der Waals surface area contributed by atoms with Gasteiger partial charge in [0.15, 0.2) is 5.82 Å². The first kappa shape index (κ1) is 6.82. The zero-order chi connectivity index (χ0) is 8.84. The van der Waals surface area contributed by atoms with Crippen molar-refractivity contribution in [2.24, 2.45) is 0 Å². The maximum atomic E-state index is 4.25. The zero-order valence-corrected chi connectivity index (χ0v) is 7.30. The lowest BCUT2D eigenvalue weighted by Crippen LogP contribution is -2.28. The van der Waals surface area contributed by atoms with Gasteiger partial charge in [0.1, 0.15) is 17.4 Å². The van der Waals surface area contributed by atoms with E-state index in [1.165, 1.54) is 0 Å². The van der Waals surface area contributed by atoms with Crippen molar-refractivity contribution in [1.29, 1.82) is 0 Å². The molecule has 0 spiro atoms. The van der Waals surface area contributed by atoms with Crippen molar-refractivity contribution in [3.8, 4) is 0 Å². The van der Waals surface area contributed by atoms with Crippen LogP contribution < -0.4 is 4.90 Å². The van der Waals surface area contributed by atoms with Crippen LogP contribution in [0.1, 0.15) is 0 Å². The summed E-state index contributed by atoms with van der Waals surface area (Å²) in [7, 11) is 2.04. The van der Waals surface area contributed by atoms with Gasteiger partial charge in [0.05, 0.1) is 12.7 Å². The Morgan fingerprint density at radius 1 is 1.31 bits per heavy atom. The van der Waals surface area contributed by atoms with Gasteiger partial charge in [-0.2, -0.15) is 5.10 Å². The highest BCUT2D eigenvalue weighted by atomic mass is 15.3. The Labute approximate surface area is 75.0 Å². The molecule has 1 aliphatic rings. The molecule has 0 fully saturated rings. The van der Waals surface area contributed by atoms with Crippen LogP contribution in [0, 0.1) is 0 Å². The molecule has 3 heterocycles. The van der Waals surface area contributed by atoms with Crippen LogP contribution in [0.5, 0.6) is 0 Å². The third kappa shape index (κ3) is 0.783. The third-order valence-corrected chi connectivity index (χ3v) is 2.42. The number of hydrogen-bond acceptors (Lipinski definition) is 4.